The van der Waals surface area contributed by atoms with Crippen molar-refractivity contribution in [2.45, 2.75) is 6.61 Å². The monoisotopic (exact) mass is 261 g/mol. The lowest BCUT2D eigenvalue weighted by Gasteiger charge is -2.07. The Bertz CT molecular complexity index is 576. The first-order valence-electron chi connectivity index (χ1n) is 5.35. The van der Waals surface area contributed by atoms with Gasteiger partial charge >= 0.3 is 5.69 Å². The van der Waals surface area contributed by atoms with E-state index in [1.54, 1.807) is 0 Å². The molecule has 8 nitrogen and oxygen atoms in total. The molecular weight excluding hydrogens is 250 g/mol. The van der Waals surface area contributed by atoms with E-state index >= 15 is 0 Å². The van der Waals surface area contributed by atoms with Gasteiger partial charge in [0.25, 0.3) is 5.88 Å². The van der Waals surface area contributed by atoms with Gasteiger partial charge in [0.15, 0.2) is 0 Å². The van der Waals surface area contributed by atoms with Crippen molar-refractivity contribution in [3.8, 4) is 5.88 Å². The molecular formula is C11H11N5O3. The number of nitro groups is 1. The molecule has 0 saturated heterocycles. The number of rotatable bonds is 5. The van der Waals surface area contributed by atoms with Crippen molar-refractivity contribution >= 4 is 11.5 Å². The smallest absolute Gasteiger partial charge is 0.374 e. The number of hydrogen-bond donors (Lipinski definition) is 2. The largest absolute Gasteiger partial charge is 0.468 e. The molecule has 1 heterocycles. The number of hydrazine groups is 1. The Kier molecular flexibility index (Phi) is 3.84. The van der Waals surface area contributed by atoms with Gasteiger partial charge in [-0.1, -0.05) is 30.3 Å². The van der Waals surface area contributed by atoms with Gasteiger partial charge in [-0.15, -0.1) is 0 Å². The molecule has 0 aliphatic rings. The Hall–Kier alpha value is -2.74. The highest BCUT2D eigenvalue weighted by Gasteiger charge is 2.23. The second-order valence-corrected chi connectivity index (χ2v) is 3.55. The molecule has 3 N–H and O–H groups in total. The Morgan fingerprint density at radius 1 is 1.32 bits per heavy atom. The number of anilines is 1. The van der Waals surface area contributed by atoms with E-state index < -0.39 is 4.92 Å². The van der Waals surface area contributed by atoms with Gasteiger partial charge in [0.1, 0.15) is 12.9 Å². The van der Waals surface area contributed by atoms with E-state index in [1.165, 1.54) is 0 Å². The van der Waals surface area contributed by atoms with Gasteiger partial charge in [0.05, 0.1) is 4.92 Å². The van der Waals surface area contributed by atoms with Crippen LogP contribution < -0.4 is 16.0 Å². The Morgan fingerprint density at radius 2 is 2.05 bits per heavy atom. The molecule has 0 bridgehead atoms. The molecule has 2 rings (SSSR count). The number of hydrogen-bond acceptors (Lipinski definition) is 7. The topological polar surface area (TPSA) is 116 Å². The maximum atomic E-state index is 11.0. The van der Waals surface area contributed by atoms with E-state index in [0.717, 1.165) is 11.9 Å². The standard InChI is InChI=1S/C11H11N5O3/c12-15-10-9(16(17)18)11(14-7-13-10)19-6-8-4-2-1-3-5-8/h1-5,7H,6,12H2,(H,13,14,15). The second kappa shape index (κ2) is 5.74. The summed E-state index contributed by atoms with van der Waals surface area (Å²) in [5.41, 5.74) is 2.63. The molecule has 1 aromatic heterocycles. The summed E-state index contributed by atoms with van der Waals surface area (Å²) in [6.45, 7) is 0.169. The number of benzene rings is 1. The molecule has 0 spiro atoms. The number of ether oxygens (including phenoxy) is 1. The van der Waals surface area contributed by atoms with Crippen molar-refractivity contribution in [2.24, 2.45) is 5.84 Å². The molecule has 0 amide bonds. The summed E-state index contributed by atoms with van der Waals surface area (Å²) >= 11 is 0. The minimum atomic E-state index is -0.643. The van der Waals surface area contributed by atoms with Crippen LogP contribution in [0.15, 0.2) is 36.7 Å². The Labute approximate surface area is 108 Å². The highest BCUT2D eigenvalue weighted by Crippen LogP contribution is 2.30. The van der Waals surface area contributed by atoms with E-state index in [1.807, 2.05) is 30.3 Å². The summed E-state index contributed by atoms with van der Waals surface area (Å²) in [5.74, 6) is 4.94. The predicted molar refractivity (Wildman–Crippen MR) is 67.3 cm³/mol. The molecule has 19 heavy (non-hydrogen) atoms. The quantitative estimate of drug-likeness (QED) is 0.472. The minimum Gasteiger partial charge on any atom is -0.468 e. The van der Waals surface area contributed by atoms with Crippen LogP contribution in [0.3, 0.4) is 0 Å². The fraction of sp³-hybridized carbons (Fsp3) is 0.0909. The summed E-state index contributed by atoms with van der Waals surface area (Å²) in [6, 6.07) is 9.25. The van der Waals surface area contributed by atoms with Crippen LogP contribution in [0.25, 0.3) is 0 Å². The van der Waals surface area contributed by atoms with Crippen molar-refractivity contribution in [3.05, 3.63) is 52.3 Å². The Balaban J connectivity index is 2.23. The molecule has 2 aromatic rings. The van der Waals surface area contributed by atoms with Crippen LogP contribution in [0.4, 0.5) is 11.5 Å². The first-order chi connectivity index (χ1) is 9.22. The molecule has 0 fully saturated rings. The zero-order valence-electron chi connectivity index (χ0n) is 9.81. The average Bonchev–Trinajstić information content (AvgIpc) is 2.45. The van der Waals surface area contributed by atoms with Crippen molar-refractivity contribution in [1.82, 2.24) is 9.97 Å². The van der Waals surface area contributed by atoms with E-state index in [0.29, 0.717) is 0 Å². The molecule has 1 aromatic carbocycles. The molecule has 98 valence electrons. The van der Waals surface area contributed by atoms with Crippen LogP contribution in [0, 0.1) is 10.1 Å². The number of nitrogen functional groups attached to an aromatic ring is 1. The van der Waals surface area contributed by atoms with Crippen LogP contribution in [0.5, 0.6) is 5.88 Å². The van der Waals surface area contributed by atoms with E-state index in [2.05, 4.69) is 15.4 Å². The van der Waals surface area contributed by atoms with Crippen LogP contribution in [0.2, 0.25) is 0 Å². The van der Waals surface area contributed by atoms with Crippen molar-refractivity contribution < 1.29 is 9.66 Å². The molecule has 8 heteroatoms. The normalized spacial score (nSPS) is 9.95. The van der Waals surface area contributed by atoms with Crippen LogP contribution in [-0.4, -0.2) is 14.9 Å². The summed E-state index contributed by atoms with van der Waals surface area (Å²) in [7, 11) is 0. The van der Waals surface area contributed by atoms with Crippen LogP contribution in [0.1, 0.15) is 5.56 Å². The predicted octanol–water partition coefficient (Wildman–Crippen LogP) is 1.25. The second-order valence-electron chi connectivity index (χ2n) is 3.55. The zero-order chi connectivity index (χ0) is 13.7. The SMILES string of the molecule is NNc1ncnc(OCc2ccccc2)c1[N+](=O)[O-]. The number of aromatic nitrogens is 2. The lowest BCUT2D eigenvalue weighted by Crippen LogP contribution is -2.12. The first-order valence-corrected chi connectivity index (χ1v) is 5.35. The summed E-state index contributed by atoms with van der Waals surface area (Å²) in [5, 5.41) is 11.0. The third-order valence-corrected chi connectivity index (χ3v) is 2.33. The van der Waals surface area contributed by atoms with Crippen molar-refractivity contribution in [3.63, 3.8) is 0 Å². The maximum Gasteiger partial charge on any atom is 0.374 e. The fourth-order valence-electron chi connectivity index (χ4n) is 1.46. The summed E-state index contributed by atoms with van der Waals surface area (Å²) in [6.07, 6.45) is 1.14. The first kappa shape index (κ1) is 12.7. The van der Waals surface area contributed by atoms with E-state index in [-0.39, 0.29) is 24.0 Å². The maximum absolute atomic E-state index is 11.0. The summed E-state index contributed by atoms with van der Waals surface area (Å²) < 4.78 is 5.34. The highest BCUT2D eigenvalue weighted by molar-refractivity contribution is 5.60. The van der Waals surface area contributed by atoms with E-state index in [4.69, 9.17) is 10.6 Å². The fourth-order valence-corrected chi connectivity index (χ4v) is 1.46. The van der Waals surface area contributed by atoms with Crippen LogP contribution in [-0.2, 0) is 6.61 Å². The van der Waals surface area contributed by atoms with Crippen molar-refractivity contribution in [2.75, 3.05) is 5.43 Å². The third kappa shape index (κ3) is 2.93. The average molecular weight is 261 g/mol. The lowest BCUT2D eigenvalue weighted by atomic mass is 10.2. The van der Waals surface area contributed by atoms with Gasteiger partial charge in [-0.25, -0.2) is 10.8 Å². The van der Waals surface area contributed by atoms with Gasteiger partial charge in [-0.3, -0.25) is 10.1 Å². The minimum absolute atomic E-state index is 0.0944. The van der Waals surface area contributed by atoms with Crippen molar-refractivity contribution in [1.29, 1.82) is 0 Å². The number of nitrogens with one attached hydrogen (secondary N) is 1. The lowest BCUT2D eigenvalue weighted by molar-refractivity contribution is -0.385. The number of nitrogens with zero attached hydrogens (tertiary/aromatic N) is 3. The van der Waals surface area contributed by atoms with E-state index in [9.17, 15) is 10.1 Å². The third-order valence-electron chi connectivity index (χ3n) is 2.33. The van der Waals surface area contributed by atoms with Gasteiger partial charge in [-0.2, -0.15) is 4.98 Å². The van der Waals surface area contributed by atoms with Gasteiger partial charge in [-0.05, 0) is 5.56 Å². The molecule has 0 aliphatic carbocycles. The molecule has 0 unspecified atom stereocenters. The van der Waals surface area contributed by atoms with Gasteiger partial charge < -0.3 is 10.2 Å². The molecule has 0 saturated carbocycles. The number of nitrogens with two attached hydrogens (primary N) is 1. The van der Waals surface area contributed by atoms with Gasteiger partial charge in [0.2, 0.25) is 5.82 Å². The highest BCUT2D eigenvalue weighted by atomic mass is 16.6. The molecule has 0 atom stereocenters. The van der Waals surface area contributed by atoms with Gasteiger partial charge in [0, 0.05) is 0 Å². The van der Waals surface area contributed by atoms with Crippen LogP contribution >= 0.6 is 0 Å². The summed E-state index contributed by atoms with van der Waals surface area (Å²) in [4.78, 5) is 17.7. The zero-order valence-corrected chi connectivity index (χ0v) is 9.81. The molecule has 0 radical (unpaired) electrons. The Morgan fingerprint density at radius 3 is 2.68 bits per heavy atom. The molecule has 0 aliphatic heterocycles.